The molecule has 1 amide bonds. The molecule has 0 saturated carbocycles. The lowest BCUT2D eigenvalue weighted by molar-refractivity contribution is 0.0932. The lowest BCUT2D eigenvalue weighted by Gasteiger charge is -2.11. The third kappa shape index (κ3) is 2.20. The Labute approximate surface area is 105 Å². The van der Waals surface area contributed by atoms with Crippen LogP contribution in [0.1, 0.15) is 36.5 Å². The van der Waals surface area contributed by atoms with Crippen LogP contribution in [0.3, 0.4) is 0 Å². The van der Waals surface area contributed by atoms with E-state index in [1.807, 2.05) is 13.8 Å². The zero-order chi connectivity index (χ0) is 13.3. The maximum Gasteiger partial charge on any atom is 0.270 e. The molecular weight excluding hydrogens is 233 g/mol. The van der Waals surface area contributed by atoms with Crippen LogP contribution in [-0.2, 0) is 0 Å². The molecule has 2 heterocycles. The molecule has 1 N–H and O–H groups in total. The van der Waals surface area contributed by atoms with Crippen LogP contribution in [0.4, 0.5) is 4.39 Å². The third-order valence-corrected chi connectivity index (χ3v) is 2.96. The van der Waals surface area contributed by atoms with E-state index in [-0.39, 0.29) is 11.9 Å². The molecule has 2 aromatic rings. The van der Waals surface area contributed by atoms with Crippen LogP contribution < -0.4 is 5.32 Å². The Balaban J connectivity index is 2.46. The number of rotatable bonds is 3. The number of fused-ring (bicyclic) bond motifs is 1. The fraction of sp³-hybridized carbons (Fsp3) is 0.385. The van der Waals surface area contributed by atoms with E-state index in [1.165, 1.54) is 16.7 Å². The Hall–Kier alpha value is -1.91. The van der Waals surface area contributed by atoms with Crippen LogP contribution in [0.2, 0.25) is 0 Å². The first kappa shape index (κ1) is 12.5. The molecule has 0 bridgehead atoms. The minimum atomic E-state index is -0.391. The molecular formula is C13H16FN3O. The van der Waals surface area contributed by atoms with Gasteiger partial charge >= 0.3 is 0 Å². The van der Waals surface area contributed by atoms with Crippen molar-refractivity contribution >= 4 is 11.6 Å². The third-order valence-electron chi connectivity index (χ3n) is 2.96. The Morgan fingerprint density at radius 2 is 2.28 bits per heavy atom. The van der Waals surface area contributed by atoms with Gasteiger partial charge in [-0.1, -0.05) is 6.92 Å². The summed E-state index contributed by atoms with van der Waals surface area (Å²) in [5.74, 6) is -0.613. The van der Waals surface area contributed by atoms with E-state index in [0.717, 1.165) is 6.42 Å². The number of nitrogens with zero attached hydrogens (tertiary/aromatic N) is 2. The molecule has 0 saturated heterocycles. The van der Waals surface area contributed by atoms with Gasteiger partial charge in [0.2, 0.25) is 0 Å². The number of aromatic nitrogens is 2. The fourth-order valence-corrected chi connectivity index (χ4v) is 1.80. The van der Waals surface area contributed by atoms with Gasteiger partial charge in [0.1, 0.15) is 17.2 Å². The Morgan fingerprint density at radius 1 is 1.56 bits per heavy atom. The second kappa shape index (κ2) is 4.76. The van der Waals surface area contributed by atoms with E-state index in [0.29, 0.717) is 17.0 Å². The van der Waals surface area contributed by atoms with Crippen LogP contribution in [0.15, 0.2) is 18.3 Å². The van der Waals surface area contributed by atoms with E-state index < -0.39 is 5.82 Å². The monoisotopic (exact) mass is 249 g/mol. The van der Waals surface area contributed by atoms with E-state index in [9.17, 15) is 9.18 Å². The molecule has 1 atom stereocenters. The molecule has 2 rings (SSSR count). The van der Waals surface area contributed by atoms with Gasteiger partial charge in [-0.2, -0.15) is 0 Å². The van der Waals surface area contributed by atoms with Crippen molar-refractivity contribution in [1.82, 2.24) is 14.7 Å². The van der Waals surface area contributed by atoms with Crippen molar-refractivity contribution in [3.05, 3.63) is 35.5 Å². The Morgan fingerprint density at radius 3 is 2.94 bits per heavy atom. The molecule has 0 aliphatic heterocycles. The normalized spacial score (nSPS) is 12.7. The van der Waals surface area contributed by atoms with Gasteiger partial charge in [0.05, 0.1) is 5.69 Å². The van der Waals surface area contributed by atoms with E-state index in [2.05, 4.69) is 10.3 Å². The Kier molecular flexibility index (Phi) is 3.32. The summed E-state index contributed by atoms with van der Waals surface area (Å²) >= 11 is 0. The average molecular weight is 249 g/mol. The second-order valence-electron chi connectivity index (χ2n) is 4.40. The largest absolute Gasteiger partial charge is 0.348 e. The highest BCUT2D eigenvalue weighted by atomic mass is 19.1. The van der Waals surface area contributed by atoms with E-state index in [1.54, 1.807) is 13.0 Å². The highest BCUT2D eigenvalue weighted by Gasteiger charge is 2.17. The number of halogens is 1. The van der Waals surface area contributed by atoms with Gasteiger partial charge in [0.25, 0.3) is 5.91 Å². The van der Waals surface area contributed by atoms with Crippen molar-refractivity contribution < 1.29 is 9.18 Å². The number of aryl methyl sites for hydroxylation is 1. The Bertz CT molecular complexity index is 591. The molecule has 2 aromatic heterocycles. The molecule has 0 aliphatic rings. The quantitative estimate of drug-likeness (QED) is 0.907. The standard InChI is InChI=1S/C13H16FN3O/c1-4-8(2)15-13(18)12-9(3)16-11-6-5-10(14)7-17(11)12/h5-8H,4H2,1-3H3,(H,15,18). The van der Waals surface area contributed by atoms with E-state index in [4.69, 9.17) is 0 Å². The first-order valence-corrected chi connectivity index (χ1v) is 5.98. The van der Waals surface area contributed by atoms with Crippen LogP contribution in [0, 0.1) is 12.7 Å². The van der Waals surface area contributed by atoms with Crippen LogP contribution in [0.5, 0.6) is 0 Å². The summed E-state index contributed by atoms with van der Waals surface area (Å²) in [7, 11) is 0. The predicted octanol–water partition coefficient (Wildman–Crippen LogP) is 2.31. The number of hydrogen-bond donors (Lipinski definition) is 1. The molecule has 0 aromatic carbocycles. The zero-order valence-electron chi connectivity index (χ0n) is 10.7. The first-order chi connectivity index (χ1) is 8.52. The lowest BCUT2D eigenvalue weighted by Crippen LogP contribution is -2.33. The molecule has 0 fully saturated rings. The summed E-state index contributed by atoms with van der Waals surface area (Å²) in [5, 5.41) is 2.86. The van der Waals surface area contributed by atoms with Crippen LogP contribution in [-0.4, -0.2) is 21.3 Å². The zero-order valence-corrected chi connectivity index (χ0v) is 10.7. The van der Waals surface area contributed by atoms with Crippen LogP contribution in [0.25, 0.3) is 5.65 Å². The summed E-state index contributed by atoms with van der Waals surface area (Å²) in [5.41, 5.74) is 1.56. The SMILES string of the molecule is CCC(C)NC(=O)c1c(C)nc2ccc(F)cn12. The van der Waals surface area contributed by atoms with Gasteiger partial charge in [0.15, 0.2) is 0 Å². The molecule has 5 heteroatoms. The number of carbonyl (C=O) groups is 1. The number of pyridine rings is 1. The number of carbonyl (C=O) groups excluding carboxylic acids is 1. The van der Waals surface area contributed by atoms with Crippen molar-refractivity contribution in [2.75, 3.05) is 0 Å². The van der Waals surface area contributed by atoms with Gasteiger partial charge in [-0.15, -0.1) is 0 Å². The minimum Gasteiger partial charge on any atom is -0.348 e. The van der Waals surface area contributed by atoms with Crippen molar-refractivity contribution in [1.29, 1.82) is 0 Å². The van der Waals surface area contributed by atoms with Gasteiger partial charge in [-0.25, -0.2) is 9.37 Å². The summed E-state index contributed by atoms with van der Waals surface area (Å²) in [6, 6.07) is 2.97. The second-order valence-corrected chi connectivity index (χ2v) is 4.40. The highest BCUT2D eigenvalue weighted by Crippen LogP contribution is 2.13. The van der Waals surface area contributed by atoms with Gasteiger partial charge in [-0.05, 0) is 32.4 Å². The fourth-order valence-electron chi connectivity index (χ4n) is 1.80. The van der Waals surface area contributed by atoms with Gasteiger partial charge in [-0.3, -0.25) is 9.20 Å². The maximum atomic E-state index is 13.2. The number of hydrogen-bond acceptors (Lipinski definition) is 2. The minimum absolute atomic E-state index is 0.0796. The topological polar surface area (TPSA) is 46.4 Å². The number of nitrogens with one attached hydrogen (secondary N) is 1. The molecule has 4 nitrogen and oxygen atoms in total. The molecule has 0 aliphatic carbocycles. The molecule has 1 unspecified atom stereocenters. The van der Waals surface area contributed by atoms with Crippen molar-refractivity contribution in [3.63, 3.8) is 0 Å². The predicted molar refractivity (Wildman–Crippen MR) is 67.1 cm³/mol. The average Bonchev–Trinajstić information content (AvgIpc) is 2.64. The lowest BCUT2D eigenvalue weighted by atomic mass is 10.2. The number of amides is 1. The number of imidazole rings is 1. The maximum absolute atomic E-state index is 13.2. The summed E-state index contributed by atoms with van der Waals surface area (Å²) < 4.78 is 14.7. The highest BCUT2D eigenvalue weighted by molar-refractivity contribution is 5.94. The van der Waals surface area contributed by atoms with Crippen molar-refractivity contribution in [2.45, 2.75) is 33.2 Å². The summed E-state index contributed by atoms with van der Waals surface area (Å²) in [6.07, 6.45) is 2.12. The van der Waals surface area contributed by atoms with Gasteiger partial charge < -0.3 is 5.32 Å². The molecule has 0 radical (unpaired) electrons. The summed E-state index contributed by atoms with van der Waals surface area (Å²) in [6.45, 7) is 5.67. The molecule has 96 valence electrons. The molecule has 0 spiro atoms. The van der Waals surface area contributed by atoms with Crippen molar-refractivity contribution in [3.8, 4) is 0 Å². The smallest absolute Gasteiger partial charge is 0.270 e. The van der Waals surface area contributed by atoms with Crippen LogP contribution >= 0.6 is 0 Å². The summed E-state index contributed by atoms with van der Waals surface area (Å²) in [4.78, 5) is 16.4. The van der Waals surface area contributed by atoms with Crippen molar-refractivity contribution in [2.24, 2.45) is 0 Å². The first-order valence-electron chi connectivity index (χ1n) is 5.98. The van der Waals surface area contributed by atoms with E-state index >= 15 is 0 Å². The van der Waals surface area contributed by atoms with Gasteiger partial charge in [0, 0.05) is 12.2 Å². The molecule has 18 heavy (non-hydrogen) atoms.